The number of nitrogens with one attached hydrogen (secondary N) is 1. The SMILES string of the molecule is CNc1nc(C2CCOC2)cs1. The van der Waals surface area contributed by atoms with Crippen LogP contribution >= 0.6 is 11.3 Å². The minimum atomic E-state index is 0.531. The molecule has 2 heterocycles. The van der Waals surface area contributed by atoms with E-state index in [-0.39, 0.29) is 0 Å². The Bertz CT molecular complexity index is 255. The summed E-state index contributed by atoms with van der Waals surface area (Å²) in [4.78, 5) is 4.44. The van der Waals surface area contributed by atoms with E-state index in [0.29, 0.717) is 5.92 Å². The van der Waals surface area contributed by atoms with Crippen molar-refractivity contribution in [2.45, 2.75) is 12.3 Å². The van der Waals surface area contributed by atoms with Crippen LogP contribution in [0.5, 0.6) is 0 Å². The van der Waals surface area contributed by atoms with E-state index in [2.05, 4.69) is 15.7 Å². The molecule has 1 aliphatic heterocycles. The third kappa shape index (κ3) is 1.44. The lowest BCUT2D eigenvalue weighted by molar-refractivity contribution is 0.193. The predicted octanol–water partition coefficient (Wildman–Crippen LogP) is 1.69. The summed E-state index contributed by atoms with van der Waals surface area (Å²) in [7, 11) is 1.90. The first-order chi connectivity index (χ1) is 5.90. The van der Waals surface area contributed by atoms with Gasteiger partial charge in [-0.05, 0) is 6.42 Å². The van der Waals surface area contributed by atoms with Crippen molar-refractivity contribution in [1.82, 2.24) is 4.98 Å². The van der Waals surface area contributed by atoms with Crippen LogP contribution < -0.4 is 5.32 Å². The number of hydrogen-bond acceptors (Lipinski definition) is 4. The van der Waals surface area contributed by atoms with Crippen LogP contribution in [0.15, 0.2) is 5.38 Å². The van der Waals surface area contributed by atoms with Crippen LogP contribution in [0.3, 0.4) is 0 Å². The predicted molar refractivity (Wildman–Crippen MR) is 49.8 cm³/mol. The lowest BCUT2D eigenvalue weighted by Gasteiger charge is -2.00. The van der Waals surface area contributed by atoms with E-state index in [0.717, 1.165) is 24.8 Å². The quantitative estimate of drug-likeness (QED) is 0.759. The van der Waals surface area contributed by atoms with Crippen LogP contribution in [0, 0.1) is 0 Å². The van der Waals surface area contributed by atoms with Gasteiger partial charge in [-0.2, -0.15) is 0 Å². The first-order valence-corrected chi connectivity index (χ1v) is 4.99. The Morgan fingerprint density at radius 1 is 1.75 bits per heavy atom. The van der Waals surface area contributed by atoms with Gasteiger partial charge in [0, 0.05) is 25.0 Å². The Morgan fingerprint density at radius 3 is 3.25 bits per heavy atom. The number of rotatable bonds is 2. The minimum Gasteiger partial charge on any atom is -0.381 e. The third-order valence-corrected chi connectivity index (χ3v) is 2.96. The lowest BCUT2D eigenvalue weighted by Crippen LogP contribution is -1.98. The molecule has 1 atom stereocenters. The zero-order valence-electron chi connectivity index (χ0n) is 7.04. The molecule has 1 saturated heterocycles. The fraction of sp³-hybridized carbons (Fsp3) is 0.625. The van der Waals surface area contributed by atoms with Gasteiger partial charge < -0.3 is 10.1 Å². The molecule has 0 aromatic carbocycles. The summed E-state index contributed by atoms with van der Waals surface area (Å²) in [6.07, 6.45) is 1.12. The molecule has 4 heteroatoms. The Morgan fingerprint density at radius 2 is 2.67 bits per heavy atom. The topological polar surface area (TPSA) is 34.2 Å². The van der Waals surface area contributed by atoms with Crippen LogP contribution in [-0.2, 0) is 4.74 Å². The summed E-state index contributed by atoms with van der Waals surface area (Å²) in [6.45, 7) is 1.73. The second kappa shape index (κ2) is 3.41. The number of ether oxygens (including phenoxy) is 1. The summed E-state index contributed by atoms with van der Waals surface area (Å²) in [5.41, 5.74) is 1.18. The highest BCUT2D eigenvalue weighted by Crippen LogP contribution is 2.27. The second-order valence-electron chi connectivity index (χ2n) is 2.89. The molecular formula is C8H12N2OS. The van der Waals surface area contributed by atoms with Crippen molar-refractivity contribution in [1.29, 1.82) is 0 Å². The van der Waals surface area contributed by atoms with Crippen molar-refractivity contribution in [3.05, 3.63) is 11.1 Å². The van der Waals surface area contributed by atoms with Crippen LogP contribution in [0.4, 0.5) is 5.13 Å². The standard InChI is InChI=1S/C8H12N2OS/c1-9-8-10-7(5-12-8)6-2-3-11-4-6/h5-6H,2-4H2,1H3,(H,9,10). The van der Waals surface area contributed by atoms with Crippen LogP contribution in [0.1, 0.15) is 18.0 Å². The summed E-state index contributed by atoms with van der Waals surface area (Å²) in [5.74, 6) is 0.531. The van der Waals surface area contributed by atoms with Crippen molar-refractivity contribution in [3.63, 3.8) is 0 Å². The summed E-state index contributed by atoms with van der Waals surface area (Å²) in [6, 6.07) is 0. The molecular weight excluding hydrogens is 172 g/mol. The number of anilines is 1. The molecule has 0 spiro atoms. The molecule has 3 nitrogen and oxygen atoms in total. The Hall–Kier alpha value is -0.610. The summed E-state index contributed by atoms with van der Waals surface area (Å²) in [5, 5.41) is 6.15. The molecule has 0 aliphatic carbocycles. The normalized spacial score (nSPS) is 22.9. The number of thiazole rings is 1. The molecule has 1 aromatic rings. The van der Waals surface area contributed by atoms with Crippen LogP contribution in [0.25, 0.3) is 0 Å². The minimum absolute atomic E-state index is 0.531. The van der Waals surface area contributed by atoms with Crippen molar-refractivity contribution in [2.24, 2.45) is 0 Å². The molecule has 2 rings (SSSR count). The number of hydrogen-bond donors (Lipinski definition) is 1. The first-order valence-electron chi connectivity index (χ1n) is 4.11. The van der Waals surface area contributed by atoms with E-state index in [1.165, 1.54) is 5.69 Å². The van der Waals surface area contributed by atoms with E-state index < -0.39 is 0 Å². The molecule has 0 saturated carbocycles. The molecule has 1 unspecified atom stereocenters. The van der Waals surface area contributed by atoms with Gasteiger partial charge in [0.1, 0.15) is 0 Å². The zero-order chi connectivity index (χ0) is 8.39. The van der Waals surface area contributed by atoms with Crippen LogP contribution in [-0.4, -0.2) is 25.2 Å². The van der Waals surface area contributed by atoms with Gasteiger partial charge in [0.05, 0.1) is 12.3 Å². The van der Waals surface area contributed by atoms with E-state index in [1.807, 2.05) is 7.05 Å². The number of nitrogens with zero attached hydrogens (tertiary/aromatic N) is 1. The molecule has 0 bridgehead atoms. The second-order valence-corrected chi connectivity index (χ2v) is 3.75. The van der Waals surface area contributed by atoms with Crippen molar-refractivity contribution in [2.75, 3.05) is 25.6 Å². The highest BCUT2D eigenvalue weighted by atomic mass is 32.1. The molecule has 0 amide bonds. The molecule has 1 aliphatic rings. The Labute approximate surface area is 75.8 Å². The van der Waals surface area contributed by atoms with Gasteiger partial charge in [-0.3, -0.25) is 0 Å². The maximum absolute atomic E-state index is 5.30. The number of aromatic nitrogens is 1. The van der Waals surface area contributed by atoms with Crippen molar-refractivity contribution < 1.29 is 4.74 Å². The van der Waals surface area contributed by atoms with Gasteiger partial charge >= 0.3 is 0 Å². The van der Waals surface area contributed by atoms with E-state index in [9.17, 15) is 0 Å². The van der Waals surface area contributed by atoms with Crippen molar-refractivity contribution >= 4 is 16.5 Å². The Balaban J connectivity index is 2.11. The average molecular weight is 184 g/mol. The Kier molecular flexibility index (Phi) is 2.28. The molecule has 1 aromatic heterocycles. The van der Waals surface area contributed by atoms with E-state index in [4.69, 9.17) is 4.74 Å². The molecule has 66 valence electrons. The highest BCUT2D eigenvalue weighted by molar-refractivity contribution is 7.13. The summed E-state index contributed by atoms with van der Waals surface area (Å²) < 4.78 is 5.30. The molecule has 1 N–H and O–H groups in total. The van der Waals surface area contributed by atoms with Gasteiger partial charge in [-0.1, -0.05) is 0 Å². The largest absolute Gasteiger partial charge is 0.381 e. The fourth-order valence-corrected chi connectivity index (χ4v) is 2.11. The average Bonchev–Trinajstić information content (AvgIpc) is 2.75. The third-order valence-electron chi connectivity index (χ3n) is 2.08. The summed E-state index contributed by atoms with van der Waals surface area (Å²) >= 11 is 1.66. The zero-order valence-corrected chi connectivity index (χ0v) is 7.86. The van der Waals surface area contributed by atoms with Gasteiger partial charge in [0.25, 0.3) is 0 Å². The van der Waals surface area contributed by atoms with Gasteiger partial charge in [0.15, 0.2) is 5.13 Å². The smallest absolute Gasteiger partial charge is 0.182 e. The van der Waals surface area contributed by atoms with E-state index >= 15 is 0 Å². The molecule has 12 heavy (non-hydrogen) atoms. The molecule has 1 fully saturated rings. The van der Waals surface area contributed by atoms with Crippen LogP contribution in [0.2, 0.25) is 0 Å². The lowest BCUT2D eigenvalue weighted by atomic mass is 10.1. The fourth-order valence-electron chi connectivity index (χ4n) is 1.36. The van der Waals surface area contributed by atoms with Gasteiger partial charge in [0.2, 0.25) is 0 Å². The van der Waals surface area contributed by atoms with Crippen molar-refractivity contribution in [3.8, 4) is 0 Å². The first kappa shape index (κ1) is 8.01. The maximum Gasteiger partial charge on any atom is 0.182 e. The maximum atomic E-state index is 5.30. The van der Waals surface area contributed by atoms with E-state index in [1.54, 1.807) is 11.3 Å². The molecule has 0 radical (unpaired) electrons. The van der Waals surface area contributed by atoms with Gasteiger partial charge in [-0.25, -0.2) is 4.98 Å². The van der Waals surface area contributed by atoms with Gasteiger partial charge in [-0.15, -0.1) is 11.3 Å². The monoisotopic (exact) mass is 184 g/mol. The highest BCUT2D eigenvalue weighted by Gasteiger charge is 2.19.